The Morgan fingerprint density at radius 2 is 2.19 bits per heavy atom. The largest absolute Gasteiger partial charge is 0.502 e. The number of carbonyl (C=O) groups is 1. The average Bonchev–Trinajstić information content (AvgIpc) is 2.70. The first-order valence-electron chi connectivity index (χ1n) is 8.71. The molecule has 1 atom stereocenters. The SMILES string of the molecule is COC(=O)C[C@@H](c1cccnc1)c1oc(CN2CCOCC2)cc(=O)c1O. The van der Waals surface area contributed by atoms with Gasteiger partial charge < -0.3 is 19.0 Å². The van der Waals surface area contributed by atoms with E-state index in [-0.39, 0.29) is 12.2 Å². The minimum Gasteiger partial charge on any atom is -0.502 e. The molecule has 0 aromatic carbocycles. The number of methoxy groups -OCH3 is 1. The molecule has 1 aliphatic heterocycles. The molecule has 27 heavy (non-hydrogen) atoms. The van der Waals surface area contributed by atoms with Crippen molar-refractivity contribution in [2.75, 3.05) is 33.4 Å². The van der Waals surface area contributed by atoms with E-state index < -0.39 is 23.1 Å². The second kappa shape index (κ2) is 8.79. The van der Waals surface area contributed by atoms with E-state index in [0.29, 0.717) is 31.1 Å². The topological polar surface area (TPSA) is 102 Å². The van der Waals surface area contributed by atoms with E-state index >= 15 is 0 Å². The second-order valence-corrected chi connectivity index (χ2v) is 6.30. The molecule has 1 fully saturated rings. The molecule has 144 valence electrons. The van der Waals surface area contributed by atoms with Crippen LogP contribution >= 0.6 is 0 Å². The molecule has 8 nitrogen and oxygen atoms in total. The van der Waals surface area contributed by atoms with Crippen LogP contribution in [-0.2, 0) is 20.8 Å². The first-order chi connectivity index (χ1) is 13.1. The number of aromatic hydroxyl groups is 1. The van der Waals surface area contributed by atoms with Gasteiger partial charge in [0.2, 0.25) is 11.2 Å². The maximum atomic E-state index is 12.3. The number of rotatable bonds is 6. The van der Waals surface area contributed by atoms with Crippen molar-refractivity contribution in [3.05, 3.63) is 57.9 Å². The molecule has 0 unspecified atom stereocenters. The number of morpholine rings is 1. The van der Waals surface area contributed by atoms with Gasteiger partial charge >= 0.3 is 5.97 Å². The molecule has 1 aliphatic rings. The number of carbonyl (C=O) groups excluding carboxylic acids is 1. The molecule has 0 bridgehead atoms. The Kier molecular flexibility index (Phi) is 6.20. The van der Waals surface area contributed by atoms with E-state index in [9.17, 15) is 14.7 Å². The quantitative estimate of drug-likeness (QED) is 0.754. The normalized spacial score (nSPS) is 16.0. The van der Waals surface area contributed by atoms with Crippen LogP contribution in [0.3, 0.4) is 0 Å². The smallest absolute Gasteiger partial charge is 0.306 e. The molecule has 0 amide bonds. The molecule has 8 heteroatoms. The first-order valence-corrected chi connectivity index (χ1v) is 8.71. The highest BCUT2D eigenvalue weighted by Crippen LogP contribution is 2.33. The van der Waals surface area contributed by atoms with Crippen LogP contribution in [0.2, 0.25) is 0 Å². The molecule has 3 rings (SSSR count). The van der Waals surface area contributed by atoms with Gasteiger partial charge in [0.1, 0.15) is 5.76 Å². The van der Waals surface area contributed by atoms with Crippen molar-refractivity contribution in [3.63, 3.8) is 0 Å². The van der Waals surface area contributed by atoms with Crippen molar-refractivity contribution in [2.24, 2.45) is 0 Å². The summed E-state index contributed by atoms with van der Waals surface area (Å²) < 4.78 is 16.0. The molecule has 1 N–H and O–H groups in total. The summed E-state index contributed by atoms with van der Waals surface area (Å²) in [6, 6.07) is 4.76. The van der Waals surface area contributed by atoms with Crippen molar-refractivity contribution >= 4 is 5.97 Å². The fourth-order valence-corrected chi connectivity index (χ4v) is 3.04. The molecular weight excluding hydrogens is 352 g/mol. The fourth-order valence-electron chi connectivity index (χ4n) is 3.04. The molecule has 0 spiro atoms. The maximum Gasteiger partial charge on any atom is 0.306 e. The van der Waals surface area contributed by atoms with Crippen molar-refractivity contribution in [2.45, 2.75) is 18.9 Å². The van der Waals surface area contributed by atoms with E-state index in [1.165, 1.54) is 13.2 Å². The van der Waals surface area contributed by atoms with E-state index in [0.717, 1.165) is 13.1 Å². The molecule has 0 aliphatic carbocycles. The predicted molar refractivity (Wildman–Crippen MR) is 95.5 cm³/mol. The molecule has 2 aromatic heterocycles. The second-order valence-electron chi connectivity index (χ2n) is 6.30. The van der Waals surface area contributed by atoms with Crippen LogP contribution in [0.5, 0.6) is 5.75 Å². The third-order valence-electron chi connectivity index (χ3n) is 4.48. The van der Waals surface area contributed by atoms with Gasteiger partial charge in [0, 0.05) is 31.5 Å². The van der Waals surface area contributed by atoms with Crippen LogP contribution in [0.1, 0.15) is 29.4 Å². The molecule has 0 radical (unpaired) electrons. The van der Waals surface area contributed by atoms with Crippen LogP contribution in [-0.4, -0.2) is 54.4 Å². The minimum absolute atomic E-state index is 0.0455. The molecule has 3 heterocycles. The zero-order chi connectivity index (χ0) is 19.2. The van der Waals surface area contributed by atoms with Gasteiger partial charge in [-0.25, -0.2) is 0 Å². The summed E-state index contributed by atoms with van der Waals surface area (Å²) in [5.74, 6) is -1.19. The summed E-state index contributed by atoms with van der Waals surface area (Å²) in [6.07, 6.45) is 3.09. The lowest BCUT2D eigenvalue weighted by Crippen LogP contribution is -2.35. The third-order valence-corrected chi connectivity index (χ3v) is 4.48. The Morgan fingerprint density at radius 1 is 1.41 bits per heavy atom. The summed E-state index contributed by atoms with van der Waals surface area (Å²) >= 11 is 0. The van der Waals surface area contributed by atoms with E-state index in [1.807, 2.05) is 0 Å². The number of nitrogens with zero attached hydrogens (tertiary/aromatic N) is 2. The molecular formula is C19H22N2O6. The Morgan fingerprint density at radius 3 is 2.85 bits per heavy atom. The Hall–Kier alpha value is -2.71. The lowest BCUT2D eigenvalue weighted by atomic mass is 9.93. The molecule has 1 saturated heterocycles. The fraction of sp³-hybridized carbons (Fsp3) is 0.421. The van der Waals surface area contributed by atoms with Crippen LogP contribution in [0.15, 0.2) is 39.8 Å². The van der Waals surface area contributed by atoms with Gasteiger partial charge in [0.15, 0.2) is 5.76 Å². The summed E-state index contributed by atoms with van der Waals surface area (Å²) in [5, 5.41) is 10.3. The maximum absolute atomic E-state index is 12.3. The van der Waals surface area contributed by atoms with Crippen molar-refractivity contribution < 1.29 is 23.8 Å². The monoisotopic (exact) mass is 374 g/mol. The standard InChI is InChI=1S/C19H22N2O6/c1-25-17(23)10-15(13-3-2-4-20-11-13)19-18(24)16(22)9-14(27-19)12-21-5-7-26-8-6-21/h2-4,9,11,15,24H,5-8,10,12H2,1H3/t15-/m0/s1. The first kappa shape index (κ1) is 19.1. The van der Waals surface area contributed by atoms with Gasteiger partial charge in [-0.15, -0.1) is 0 Å². The number of aromatic nitrogens is 1. The zero-order valence-corrected chi connectivity index (χ0v) is 15.1. The van der Waals surface area contributed by atoms with E-state index in [4.69, 9.17) is 13.9 Å². The summed E-state index contributed by atoms with van der Waals surface area (Å²) in [7, 11) is 1.29. The number of ether oxygens (including phenoxy) is 2. The average molecular weight is 374 g/mol. The molecule has 2 aromatic rings. The Balaban J connectivity index is 1.97. The number of pyridine rings is 1. The van der Waals surface area contributed by atoms with Gasteiger partial charge in [0.05, 0.1) is 39.2 Å². The van der Waals surface area contributed by atoms with Crippen LogP contribution in [0, 0.1) is 0 Å². The number of hydrogen-bond donors (Lipinski definition) is 1. The van der Waals surface area contributed by atoms with Crippen molar-refractivity contribution in [1.29, 1.82) is 0 Å². The van der Waals surface area contributed by atoms with Gasteiger partial charge in [-0.3, -0.25) is 19.5 Å². The van der Waals surface area contributed by atoms with E-state index in [2.05, 4.69) is 9.88 Å². The van der Waals surface area contributed by atoms with Gasteiger partial charge in [-0.1, -0.05) is 6.07 Å². The summed E-state index contributed by atoms with van der Waals surface area (Å²) in [5.41, 5.74) is 0.100. The van der Waals surface area contributed by atoms with Crippen LogP contribution < -0.4 is 5.43 Å². The number of hydrogen-bond acceptors (Lipinski definition) is 8. The summed E-state index contributed by atoms with van der Waals surface area (Å²) in [6.45, 7) is 3.12. The highest BCUT2D eigenvalue weighted by atomic mass is 16.5. The van der Waals surface area contributed by atoms with E-state index in [1.54, 1.807) is 24.5 Å². The highest BCUT2D eigenvalue weighted by molar-refractivity contribution is 5.71. The van der Waals surface area contributed by atoms with Crippen LogP contribution in [0.4, 0.5) is 0 Å². The highest BCUT2D eigenvalue weighted by Gasteiger charge is 2.27. The Labute approximate surface area is 156 Å². The van der Waals surface area contributed by atoms with Crippen molar-refractivity contribution in [3.8, 4) is 5.75 Å². The number of esters is 1. The zero-order valence-electron chi connectivity index (χ0n) is 15.1. The van der Waals surface area contributed by atoms with Gasteiger partial charge in [-0.2, -0.15) is 0 Å². The predicted octanol–water partition coefficient (Wildman–Crippen LogP) is 1.27. The van der Waals surface area contributed by atoms with Crippen LogP contribution in [0.25, 0.3) is 0 Å². The molecule has 0 saturated carbocycles. The van der Waals surface area contributed by atoms with Crippen molar-refractivity contribution in [1.82, 2.24) is 9.88 Å². The van der Waals surface area contributed by atoms with Gasteiger partial charge in [-0.05, 0) is 11.6 Å². The summed E-state index contributed by atoms with van der Waals surface area (Å²) in [4.78, 5) is 30.4. The van der Waals surface area contributed by atoms with Gasteiger partial charge in [0.25, 0.3) is 0 Å². The minimum atomic E-state index is -0.677. The lowest BCUT2D eigenvalue weighted by molar-refractivity contribution is -0.140. The lowest BCUT2D eigenvalue weighted by Gasteiger charge is -2.26. The third kappa shape index (κ3) is 4.72. The Bertz CT molecular complexity index is 830.